The standard InChI is InChI=1S/C16H17F2NO3/c1-2-22-13(20)6-15(8-16(17,18)9-15)11-4-3-10-7-19-14(21)12(10)5-11/h3-5H,2,6-9H2,1H3,(H,19,21). The van der Waals surface area contributed by atoms with Crippen molar-refractivity contribution in [3.8, 4) is 0 Å². The molecule has 0 atom stereocenters. The first-order chi connectivity index (χ1) is 10.4. The molecule has 1 heterocycles. The quantitative estimate of drug-likeness (QED) is 0.870. The molecule has 22 heavy (non-hydrogen) atoms. The highest BCUT2D eigenvalue weighted by molar-refractivity contribution is 5.98. The van der Waals surface area contributed by atoms with E-state index in [0.29, 0.717) is 17.7 Å². The van der Waals surface area contributed by atoms with E-state index >= 15 is 0 Å². The predicted octanol–water partition coefficient (Wildman–Crippen LogP) is 2.55. The SMILES string of the molecule is CCOC(=O)CC1(c2ccc3c(c2)C(=O)NC3)CC(F)(F)C1. The largest absolute Gasteiger partial charge is 0.466 e. The number of fused-ring (bicyclic) bond motifs is 1. The molecular weight excluding hydrogens is 292 g/mol. The maximum atomic E-state index is 13.5. The van der Waals surface area contributed by atoms with Gasteiger partial charge in [0.25, 0.3) is 5.91 Å². The third-order valence-corrected chi connectivity index (χ3v) is 4.39. The van der Waals surface area contributed by atoms with Gasteiger partial charge in [-0.3, -0.25) is 9.59 Å². The van der Waals surface area contributed by atoms with Crippen LogP contribution in [0.5, 0.6) is 0 Å². The number of rotatable bonds is 4. The molecule has 0 saturated heterocycles. The molecule has 1 fully saturated rings. The topological polar surface area (TPSA) is 55.4 Å². The molecule has 0 bridgehead atoms. The van der Waals surface area contributed by atoms with Crippen LogP contribution in [-0.2, 0) is 21.5 Å². The van der Waals surface area contributed by atoms with Crippen molar-refractivity contribution in [3.05, 3.63) is 34.9 Å². The summed E-state index contributed by atoms with van der Waals surface area (Å²) in [5, 5.41) is 2.70. The Bertz CT molecular complexity index is 634. The average molecular weight is 309 g/mol. The Hall–Kier alpha value is -1.98. The first kappa shape index (κ1) is 14.9. The van der Waals surface area contributed by atoms with Crippen molar-refractivity contribution >= 4 is 11.9 Å². The van der Waals surface area contributed by atoms with Crippen LogP contribution >= 0.6 is 0 Å². The van der Waals surface area contributed by atoms with Crippen molar-refractivity contribution < 1.29 is 23.1 Å². The number of carbonyl (C=O) groups excluding carboxylic acids is 2. The van der Waals surface area contributed by atoms with Crippen LogP contribution in [0, 0.1) is 0 Å². The fourth-order valence-electron chi connectivity index (χ4n) is 3.40. The fourth-order valence-corrected chi connectivity index (χ4v) is 3.40. The van der Waals surface area contributed by atoms with Crippen molar-refractivity contribution in [2.24, 2.45) is 0 Å². The summed E-state index contributed by atoms with van der Waals surface area (Å²) in [6.07, 6.45) is -0.866. The van der Waals surface area contributed by atoms with Gasteiger partial charge in [-0.25, -0.2) is 8.78 Å². The van der Waals surface area contributed by atoms with Crippen LogP contribution in [0.4, 0.5) is 8.78 Å². The lowest BCUT2D eigenvalue weighted by Gasteiger charge is -2.47. The zero-order chi connectivity index (χ0) is 16.0. The van der Waals surface area contributed by atoms with Crippen molar-refractivity contribution in [1.29, 1.82) is 0 Å². The molecule has 1 aliphatic carbocycles. The van der Waals surface area contributed by atoms with Crippen molar-refractivity contribution in [1.82, 2.24) is 5.32 Å². The first-order valence-electron chi connectivity index (χ1n) is 7.30. The molecule has 1 amide bonds. The number of ether oxygens (including phenoxy) is 1. The maximum absolute atomic E-state index is 13.5. The minimum absolute atomic E-state index is 0.0865. The van der Waals surface area contributed by atoms with Gasteiger partial charge in [0.15, 0.2) is 0 Å². The number of amides is 1. The second-order valence-corrected chi connectivity index (χ2v) is 6.03. The number of alkyl halides is 2. The lowest BCUT2D eigenvalue weighted by atomic mass is 9.60. The molecule has 1 aliphatic heterocycles. The number of benzene rings is 1. The second-order valence-electron chi connectivity index (χ2n) is 6.03. The average Bonchev–Trinajstić information content (AvgIpc) is 2.78. The Labute approximate surface area is 126 Å². The van der Waals surface area contributed by atoms with E-state index in [1.165, 1.54) is 0 Å². The molecule has 6 heteroatoms. The van der Waals surface area contributed by atoms with Gasteiger partial charge in [-0.15, -0.1) is 0 Å². The van der Waals surface area contributed by atoms with Gasteiger partial charge in [-0.1, -0.05) is 12.1 Å². The van der Waals surface area contributed by atoms with Gasteiger partial charge in [-0.2, -0.15) is 0 Å². The molecule has 0 aromatic heterocycles. The van der Waals surface area contributed by atoms with E-state index in [2.05, 4.69) is 5.32 Å². The Kier molecular flexibility index (Phi) is 3.42. The Morgan fingerprint density at radius 1 is 1.36 bits per heavy atom. The minimum Gasteiger partial charge on any atom is -0.466 e. The number of hydrogen-bond donors (Lipinski definition) is 1. The third kappa shape index (κ3) is 2.46. The van der Waals surface area contributed by atoms with Gasteiger partial charge in [0, 0.05) is 30.4 Å². The molecule has 1 saturated carbocycles. The highest BCUT2D eigenvalue weighted by atomic mass is 19.3. The summed E-state index contributed by atoms with van der Waals surface area (Å²) in [5.41, 5.74) is 1.04. The lowest BCUT2D eigenvalue weighted by Crippen LogP contribution is -2.50. The summed E-state index contributed by atoms with van der Waals surface area (Å²) in [4.78, 5) is 23.5. The smallest absolute Gasteiger partial charge is 0.306 e. The van der Waals surface area contributed by atoms with E-state index < -0.39 is 17.3 Å². The third-order valence-electron chi connectivity index (χ3n) is 4.39. The van der Waals surface area contributed by atoms with Gasteiger partial charge in [0.05, 0.1) is 13.0 Å². The summed E-state index contributed by atoms with van der Waals surface area (Å²) >= 11 is 0. The predicted molar refractivity (Wildman–Crippen MR) is 74.7 cm³/mol. The van der Waals surface area contributed by atoms with Crippen LogP contribution in [0.3, 0.4) is 0 Å². The summed E-state index contributed by atoms with van der Waals surface area (Å²) in [6, 6.07) is 5.16. The molecule has 0 unspecified atom stereocenters. The summed E-state index contributed by atoms with van der Waals surface area (Å²) in [6.45, 7) is 2.35. The highest BCUT2D eigenvalue weighted by Gasteiger charge is 2.58. The molecule has 1 aromatic carbocycles. The van der Waals surface area contributed by atoms with Crippen LogP contribution in [0.1, 0.15) is 47.7 Å². The maximum Gasteiger partial charge on any atom is 0.306 e. The Balaban J connectivity index is 1.92. The number of nitrogens with one attached hydrogen (secondary N) is 1. The monoisotopic (exact) mass is 309 g/mol. The zero-order valence-corrected chi connectivity index (χ0v) is 12.2. The summed E-state index contributed by atoms with van der Waals surface area (Å²) in [7, 11) is 0. The molecule has 3 rings (SSSR count). The molecule has 4 nitrogen and oxygen atoms in total. The number of esters is 1. The van der Waals surface area contributed by atoms with E-state index in [4.69, 9.17) is 4.74 Å². The molecule has 1 N–H and O–H groups in total. The van der Waals surface area contributed by atoms with Gasteiger partial charge >= 0.3 is 5.97 Å². The fraction of sp³-hybridized carbons (Fsp3) is 0.500. The Morgan fingerprint density at radius 2 is 2.09 bits per heavy atom. The van der Waals surface area contributed by atoms with Gasteiger partial charge < -0.3 is 10.1 Å². The van der Waals surface area contributed by atoms with Crippen LogP contribution in [-0.4, -0.2) is 24.4 Å². The molecule has 0 spiro atoms. The highest BCUT2D eigenvalue weighted by Crippen LogP contribution is 2.55. The van der Waals surface area contributed by atoms with E-state index in [0.717, 1.165) is 5.56 Å². The number of hydrogen-bond acceptors (Lipinski definition) is 3. The molecule has 118 valence electrons. The molecular formula is C16H17F2NO3. The van der Waals surface area contributed by atoms with Gasteiger partial charge in [0.2, 0.25) is 5.92 Å². The van der Waals surface area contributed by atoms with E-state index in [9.17, 15) is 18.4 Å². The zero-order valence-electron chi connectivity index (χ0n) is 12.2. The minimum atomic E-state index is -2.77. The number of halogens is 2. The van der Waals surface area contributed by atoms with Crippen molar-refractivity contribution in [2.45, 2.75) is 44.1 Å². The lowest BCUT2D eigenvalue weighted by molar-refractivity contribution is -0.158. The van der Waals surface area contributed by atoms with Crippen LogP contribution < -0.4 is 5.32 Å². The van der Waals surface area contributed by atoms with Gasteiger partial charge in [0.1, 0.15) is 0 Å². The van der Waals surface area contributed by atoms with E-state index in [1.807, 2.05) is 0 Å². The van der Waals surface area contributed by atoms with Crippen molar-refractivity contribution in [2.75, 3.05) is 6.61 Å². The first-order valence-corrected chi connectivity index (χ1v) is 7.30. The van der Waals surface area contributed by atoms with E-state index in [1.54, 1.807) is 25.1 Å². The Morgan fingerprint density at radius 3 is 2.73 bits per heavy atom. The number of carbonyl (C=O) groups is 2. The molecule has 0 radical (unpaired) electrons. The summed E-state index contributed by atoms with van der Waals surface area (Å²) < 4.78 is 31.9. The van der Waals surface area contributed by atoms with E-state index in [-0.39, 0.29) is 31.8 Å². The van der Waals surface area contributed by atoms with Crippen LogP contribution in [0.15, 0.2) is 18.2 Å². The van der Waals surface area contributed by atoms with Crippen molar-refractivity contribution in [3.63, 3.8) is 0 Å². The van der Waals surface area contributed by atoms with Crippen LogP contribution in [0.2, 0.25) is 0 Å². The normalized spacial score (nSPS) is 20.8. The summed E-state index contributed by atoms with van der Waals surface area (Å²) in [5.74, 6) is -3.45. The van der Waals surface area contributed by atoms with Crippen LogP contribution in [0.25, 0.3) is 0 Å². The van der Waals surface area contributed by atoms with Gasteiger partial charge in [-0.05, 0) is 24.1 Å². The molecule has 1 aromatic rings. The second kappa shape index (κ2) is 5.04. The molecule has 2 aliphatic rings.